The van der Waals surface area contributed by atoms with Crippen LogP contribution in [-0.2, 0) is 4.74 Å². The van der Waals surface area contributed by atoms with Crippen molar-refractivity contribution in [3.05, 3.63) is 18.6 Å². The van der Waals surface area contributed by atoms with Gasteiger partial charge in [0.2, 0.25) is 0 Å². The number of carbonyl (C=O) groups excluding carboxylic acids is 1. The van der Waals surface area contributed by atoms with Gasteiger partial charge in [0.15, 0.2) is 5.82 Å². The topological polar surface area (TPSA) is 81.3 Å². The number of hydrogen-bond donors (Lipinski definition) is 1. The first kappa shape index (κ1) is 11.3. The normalized spacial score (nSPS) is 9.40. The largest absolute Gasteiger partial charge is 0.411 e. The van der Waals surface area contributed by atoms with Gasteiger partial charge in [-0.1, -0.05) is 0 Å². The molecule has 0 unspecified atom stereocenters. The Morgan fingerprint density at radius 3 is 2.87 bits per heavy atom. The molecular weight excluding hydrogens is 216 g/mol. The molecule has 0 spiro atoms. The summed E-state index contributed by atoms with van der Waals surface area (Å²) < 4.78 is 4.59. The second-order valence-corrected chi connectivity index (χ2v) is 2.84. The monoisotopic (exact) mass is 226 g/mol. The lowest BCUT2D eigenvalue weighted by molar-refractivity contribution is 0.208. The smallest absolute Gasteiger partial charge is 0.382 e. The summed E-state index contributed by atoms with van der Waals surface area (Å²) in [5, 5.41) is -0.0366. The van der Waals surface area contributed by atoms with Crippen molar-refractivity contribution < 1.29 is 9.53 Å². The SMILES string of the molecule is CCN(C(=S)OC(N)=O)c1cnccn1. The van der Waals surface area contributed by atoms with Crippen LogP contribution in [0.5, 0.6) is 0 Å². The van der Waals surface area contributed by atoms with Crippen molar-refractivity contribution in [2.45, 2.75) is 6.92 Å². The first-order valence-electron chi connectivity index (χ1n) is 4.20. The van der Waals surface area contributed by atoms with E-state index in [9.17, 15) is 4.79 Å². The van der Waals surface area contributed by atoms with Crippen LogP contribution in [-0.4, -0.2) is 27.8 Å². The number of nitrogens with two attached hydrogens (primary N) is 1. The Bertz CT molecular complexity index is 357. The third-order valence-corrected chi connectivity index (χ3v) is 1.85. The maximum absolute atomic E-state index is 10.5. The lowest BCUT2D eigenvalue weighted by atomic mass is 10.5. The van der Waals surface area contributed by atoms with Gasteiger partial charge in [-0.25, -0.2) is 9.78 Å². The van der Waals surface area contributed by atoms with Crippen LogP contribution < -0.4 is 10.6 Å². The minimum Gasteiger partial charge on any atom is -0.382 e. The van der Waals surface area contributed by atoms with E-state index in [1.807, 2.05) is 6.92 Å². The first-order chi connectivity index (χ1) is 7.15. The van der Waals surface area contributed by atoms with Gasteiger partial charge in [0.05, 0.1) is 6.20 Å². The van der Waals surface area contributed by atoms with Crippen LogP contribution in [0.15, 0.2) is 18.6 Å². The third kappa shape index (κ3) is 3.13. The van der Waals surface area contributed by atoms with Gasteiger partial charge in [-0.3, -0.25) is 9.88 Å². The summed E-state index contributed by atoms with van der Waals surface area (Å²) in [5.74, 6) is 0.506. The van der Waals surface area contributed by atoms with Crippen molar-refractivity contribution in [2.75, 3.05) is 11.4 Å². The highest BCUT2D eigenvalue weighted by atomic mass is 32.1. The Hall–Kier alpha value is -1.76. The molecule has 0 bridgehead atoms. The fraction of sp³-hybridized carbons (Fsp3) is 0.250. The zero-order valence-corrected chi connectivity index (χ0v) is 8.90. The van der Waals surface area contributed by atoms with Crippen LogP contribution >= 0.6 is 12.2 Å². The molecule has 0 aliphatic heterocycles. The Morgan fingerprint density at radius 2 is 2.40 bits per heavy atom. The van der Waals surface area contributed by atoms with Crippen molar-refractivity contribution in [3.63, 3.8) is 0 Å². The Labute approximate surface area is 92.1 Å². The molecule has 0 saturated heterocycles. The van der Waals surface area contributed by atoms with E-state index >= 15 is 0 Å². The highest BCUT2D eigenvalue weighted by molar-refractivity contribution is 7.80. The molecule has 6 nitrogen and oxygen atoms in total. The summed E-state index contributed by atoms with van der Waals surface area (Å²) in [6.07, 6.45) is 3.63. The summed E-state index contributed by atoms with van der Waals surface area (Å²) in [7, 11) is 0. The third-order valence-electron chi connectivity index (χ3n) is 1.55. The summed E-state index contributed by atoms with van der Waals surface area (Å²) in [6.45, 7) is 2.34. The number of primary amides is 1. The minimum absolute atomic E-state index is 0.0366. The van der Waals surface area contributed by atoms with Crippen molar-refractivity contribution >= 4 is 29.3 Å². The van der Waals surface area contributed by atoms with E-state index in [1.54, 1.807) is 0 Å². The number of anilines is 1. The van der Waals surface area contributed by atoms with E-state index in [4.69, 9.17) is 18.0 Å². The molecule has 1 heterocycles. The number of ether oxygens (including phenoxy) is 1. The van der Waals surface area contributed by atoms with E-state index in [2.05, 4.69) is 14.7 Å². The molecule has 0 radical (unpaired) electrons. The van der Waals surface area contributed by atoms with Crippen molar-refractivity contribution in [3.8, 4) is 0 Å². The van der Waals surface area contributed by atoms with Crippen LogP contribution in [0, 0.1) is 0 Å². The average molecular weight is 226 g/mol. The van der Waals surface area contributed by atoms with Gasteiger partial charge in [-0.2, -0.15) is 0 Å². The number of nitrogens with zero attached hydrogens (tertiary/aromatic N) is 3. The molecule has 1 aromatic heterocycles. The molecule has 7 heteroatoms. The first-order valence-corrected chi connectivity index (χ1v) is 4.60. The lowest BCUT2D eigenvalue weighted by Crippen LogP contribution is -2.34. The highest BCUT2D eigenvalue weighted by Gasteiger charge is 2.14. The van der Waals surface area contributed by atoms with Crippen LogP contribution in [0.2, 0.25) is 0 Å². The summed E-state index contributed by atoms with van der Waals surface area (Å²) in [5.41, 5.74) is 4.85. The van der Waals surface area contributed by atoms with Gasteiger partial charge >= 0.3 is 6.09 Å². The predicted octanol–water partition coefficient (Wildman–Crippen LogP) is 0.683. The number of thiocarbonyl (C=S) groups is 1. The predicted molar refractivity (Wildman–Crippen MR) is 58.3 cm³/mol. The maximum Gasteiger partial charge on any atom is 0.411 e. The van der Waals surface area contributed by atoms with E-state index in [0.29, 0.717) is 12.4 Å². The fourth-order valence-corrected chi connectivity index (χ4v) is 1.26. The maximum atomic E-state index is 10.5. The molecule has 0 aromatic carbocycles. The van der Waals surface area contributed by atoms with E-state index in [-0.39, 0.29) is 5.17 Å². The Kier molecular flexibility index (Phi) is 3.92. The Morgan fingerprint density at radius 1 is 1.67 bits per heavy atom. The van der Waals surface area contributed by atoms with E-state index in [1.165, 1.54) is 23.5 Å². The summed E-state index contributed by atoms with van der Waals surface area (Å²) in [6, 6.07) is 0. The molecule has 0 aliphatic rings. The van der Waals surface area contributed by atoms with Crippen LogP contribution in [0.3, 0.4) is 0 Å². The fourth-order valence-electron chi connectivity index (χ4n) is 0.956. The van der Waals surface area contributed by atoms with E-state index < -0.39 is 6.09 Å². The quantitative estimate of drug-likeness (QED) is 0.747. The molecule has 0 fully saturated rings. The van der Waals surface area contributed by atoms with Crippen molar-refractivity contribution in [2.24, 2.45) is 5.73 Å². The molecule has 1 aromatic rings. The number of hydrogen-bond acceptors (Lipinski definition) is 5. The second-order valence-electron chi connectivity index (χ2n) is 2.49. The zero-order valence-electron chi connectivity index (χ0n) is 8.08. The molecule has 2 N–H and O–H groups in total. The van der Waals surface area contributed by atoms with Gasteiger partial charge in [0.25, 0.3) is 5.17 Å². The molecular formula is C8H10N4O2S. The van der Waals surface area contributed by atoms with Crippen molar-refractivity contribution in [1.29, 1.82) is 0 Å². The van der Waals surface area contributed by atoms with Gasteiger partial charge < -0.3 is 10.5 Å². The van der Waals surface area contributed by atoms with Crippen LogP contribution in [0.1, 0.15) is 6.92 Å². The summed E-state index contributed by atoms with van der Waals surface area (Å²) >= 11 is 4.87. The van der Waals surface area contributed by atoms with Gasteiger partial charge in [-0.15, -0.1) is 0 Å². The zero-order chi connectivity index (χ0) is 11.3. The van der Waals surface area contributed by atoms with Crippen LogP contribution in [0.4, 0.5) is 10.6 Å². The minimum atomic E-state index is -0.942. The summed E-state index contributed by atoms with van der Waals surface area (Å²) in [4.78, 5) is 19.9. The highest BCUT2D eigenvalue weighted by Crippen LogP contribution is 2.08. The molecule has 0 atom stereocenters. The molecule has 0 aliphatic carbocycles. The number of carbonyl (C=O) groups is 1. The number of aromatic nitrogens is 2. The number of rotatable bonds is 2. The molecule has 1 amide bonds. The van der Waals surface area contributed by atoms with E-state index in [0.717, 1.165) is 0 Å². The van der Waals surface area contributed by atoms with Crippen LogP contribution in [0.25, 0.3) is 0 Å². The molecule has 80 valence electrons. The Balaban J connectivity index is 2.80. The molecule has 0 saturated carbocycles. The van der Waals surface area contributed by atoms with Gasteiger partial charge in [0.1, 0.15) is 0 Å². The van der Waals surface area contributed by atoms with Gasteiger partial charge in [0, 0.05) is 18.9 Å². The standard InChI is InChI=1S/C8H10N4O2S/c1-2-12(8(15)14-7(9)13)6-5-10-3-4-11-6/h3-5H,2H2,1H3,(H2,9,13). The van der Waals surface area contributed by atoms with Crippen molar-refractivity contribution in [1.82, 2.24) is 9.97 Å². The molecule has 15 heavy (non-hydrogen) atoms. The molecule has 1 rings (SSSR count). The van der Waals surface area contributed by atoms with Gasteiger partial charge in [-0.05, 0) is 19.1 Å². The lowest BCUT2D eigenvalue weighted by Gasteiger charge is -2.19. The second kappa shape index (κ2) is 5.20. The number of amides is 1. The average Bonchev–Trinajstić information content (AvgIpc) is 2.19.